The maximum absolute atomic E-state index is 13.5. The lowest BCUT2D eigenvalue weighted by Crippen LogP contribution is -2.07. The Morgan fingerprint density at radius 3 is 2.65 bits per heavy atom. The van der Waals surface area contributed by atoms with Gasteiger partial charge >= 0.3 is 0 Å². The van der Waals surface area contributed by atoms with E-state index < -0.39 is 5.82 Å². The number of hydrogen-bond donors (Lipinski definition) is 0. The number of halogens is 3. The zero-order chi connectivity index (χ0) is 14.9. The van der Waals surface area contributed by atoms with Crippen LogP contribution in [0.25, 0.3) is 0 Å². The lowest BCUT2D eigenvalue weighted by molar-refractivity contribution is 0.103. The van der Waals surface area contributed by atoms with Crippen LogP contribution in [-0.4, -0.2) is 12.9 Å². The molecule has 0 bridgehead atoms. The van der Waals surface area contributed by atoms with Gasteiger partial charge in [-0.2, -0.15) is 0 Å². The molecule has 0 radical (unpaired) electrons. The zero-order valence-electron chi connectivity index (χ0n) is 10.8. The van der Waals surface area contributed by atoms with Gasteiger partial charge in [0.05, 0.1) is 17.1 Å². The number of aryl methyl sites for hydroxylation is 1. The fraction of sp³-hybridized carbons (Fsp3) is 0.133. The highest BCUT2D eigenvalue weighted by Gasteiger charge is 2.19. The maximum atomic E-state index is 13.5. The van der Waals surface area contributed by atoms with Crippen LogP contribution < -0.4 is 4.74 Å². The number of methoxy groups -OCH3 is 1. The molecule has 0 N–H and O–H groups in total. The standard InChI is InChI=1S/C15H11BrFIO2/c1-8-4-3-5-9(14(8)18)15(19)10-6-11(16)12(17)7-13(10)20-2/h3-7H,1-2H3. The lowest BCUT2D eigenvalue weighted by atomic mass is 10.0. The number of rotatable bonds is 3. The van der Waals surface area contributed by atoms with Crippen LogP contribution >= 0.6 is 38.5 Å². The summed E-state index contributed by atoms with van der Waals surface area (Å²) in [5, 5.41) is 0. The van der Waals surface area contributed by atoms with Crippen molar-refractivity contribution in [3.05, 3.63) is 60.9 Å². The highest BCUT2D eigenvalue weighted by molar-refractivity contribution is 14.1. The van der Waals surface area contributed by atoms with E-state index in [0.29, 0.717) is 11.1 Å². The smallest absolute Gasteiger partial charge is 0.197 e. The fourth-order valence-electron chi connectivity index (χ4n) is 1.84. The molecule has 0 aliphatic carbocycles. The molecule has 5 heteroatoms. The van der Waals surface area contributed by atoms with Crippen LogP contribution in [0, 0.1) is 16.3 Å². The quantitative estimate of drug-likeness (QED) is 0.500. The number of carbonyl (C=O) groups is 1. The summed E-state index contributed by atoms with van der Waals surface area (Å²) in [7, 11) is 1.42. The second-order valence-corrected chi connectivity index (χ2v) is 6.17. The van der Waals surface area contributed by atoms with Gasteiger partial charge in [-0.15, -0.1) is 0 Å². The second kappa shape index (κ2) is 6.22. The Bertz CT molecular complexity index is 686. The van der Waals surface area contributed by atoms with E-state index in [-0.39, 0.29) is 16.0 Å². The minimum absolute atomic E-state index is 0.185. The van der Waals surface area contributed by atoms with E-state index in [2.05, 4.69) is 38.5 Å². The Morgan fingerprint density at radius 2 is 2.00 bits per heavy atom. The molecule has 2 aromatic carbocycles. The third-order valence-electron chi connectivity index (χ3n) is 2.92. The van der Waals surface area contributed by atoms with Gasteiger partial charge in [-0.1, -0.05) is 12.1 Å². The van der Waals surface area contributed by atoms with Crippen molar-refractivity contribution in [1.29, 1.82) is 0 Å². The molecular weight excluding hydrogens is 438 g/mol. The van der Waals surface area contributed by atoms with Gasteiger partial charge in [0.2, 0.25) is 0 Å². The van der Waals surface area contributed by atoms with Gasteiger partial charge in [0.15, 0.2) is 5.78 Å². The molecule has 0 aliphatic rings. The Balaban J connectivity index is 2.59. The molecular formula is C15H11BrFIO2. The molecule has 0 atom stereocenters. The van der Waals surface area contributed by atoms with Crippen molar-refractivity contribution in [2.24, 2.45) is 0 Å². The number of ketones is 1. The van der Waals surface area contributed by atoms with Gasteiger partial charge in [0.25, 0.3) is 0 Å². The number of carbonyl (C=O) groups excluding carboxylic acids is 1. The van der Waals surface area contributed by atoms with E-state index in [1.165, 1.54) is 19.2 Å². The van der Waals surface area contributed by atoms with Gasteiger partial charge in [-0.05, 0) is 63.1 Å². The Kier molecular flexibility index (Phi) is 4.80. The zero-order valence-corrected chi connectivity index (χ0v) is 14.6. The van der Waals surface area contributed by atoms with E-state index >= 15 is 0 Å². The van der Waals surface area contributed by atoms with Crippen molar-refractivity contribution in [2.75, 3.05) is 7.11 Å². The number of benzene rings is 2. The van der Waals surface area contributed by atoms with Gasteiger partial charge in [-0.3, -0.25) is 4.79 Å². The lowest BCUT2D eigenvalue weighted by Gasteiger charge is -2.11. The summed E-state index contributed by atoms with van der Waals surface area (Å²) < 4.78 is 19.8. The minimum Gasteiger partial charge on any atom is -0.496 e. The van der Waals surface area contributed by atoms with E-state index in [0.717, 1.165) is 9.13 Å². The monoisotopic (exact) mass is 448 g/mol. The van der Waals surface area contributed by atoms with Gasteiger partial charge in [0.1, 0.15) is 11.6 Å². The molecule has 0 fully saturated rings. The highest BCUT2D eigenvalue weighted by Crippen LogP contribution is 2.29. The first-order valence-electron chi connectivity index (χ1n) is 5.78. The summed E-state index contributed by atoms with van der Waals surface area (Å²) >= 11 is 5.24. The first-order valence-corrected chi connectivity index (χ1v) is 7.65. The topological polar surface area (TPSA) is 26.3 Å². The summed E-state index contributed by atoms with van der Waals surface area (Å²) in [5.41, 5.74) is 1.95. The summed E-state index contributed by atoms with van der Waals surface area (Å²) in [5.74, 6) is -0.416. The second-order valence-electron chi connectivity index (χ2n) is 4.23. The van der Waals surface area contributed by atoms with E-state index in [4.69, 9.17) is 4.74 Å². The van der Waals surface area contributed by atoms with Crippen molar-refractivity contribution >= 4 is 44.3 Å². The summed E-state index contributed by atoms with van der Waals surface area (Å²) in [4.78, 5) is 12.6. The molecule has 104 valence electrons. The molecule has 0 aliphatic heterocycles. The maximum Gasteiger partial charge on any atom is 0.197 e. The van der Waals surface area contributed by atoms with Crippen LogP contribution in [-0.2, 0) is 0 Å². The third-order valence-corrected chi connectivity index (χ3v) is 4.96. The van der Waals surface area contributed by atoms with Crippen LogP contribution in [0.2, 0.25) is 0 Å². The van der Waals surface area contributed by atoms with E-state index in [9.17, 15) is 9.18 Å². The predicted octanol–water partition coefficient (Wildman–Crippen LogP) is 4.74. The van der Waals surface area contributed by atoms with Crippen molar-refractivity contribution in [2.45, 2.75) is 6.92 Å². The first kappa shape index (κ1) is 15.4. The van der Waals surface area contributed by atoms with E-state index in [1.54, 1.807) is 6.07 Å². The molecule has 20 heavy (non-hydrogen) atoms. The van der Waals surface area contributed by atoms with Gasteiger partial charge in [0, 0.05) is 15.2 Å². The molecule has 0 saturated carbocycles. The van der Waals surface area contributed by atoms with Crippen LogP contribution in [0.1, 0.15) is 21.5 Å². The fourth-order valence-corrected chi connectivity index (χ4v) is 2.79. The number of ether oxygens (including phenoxy) is 1. The first-order chi connectivity index (χ1) is 9.45. The molecule has 2 rings (SSSR count). The van der Waals surface area contributed by atoms with Crippen molar-refractivity contribution in [3.63, 3.8) is 0 Å². The van der Waals surface area contributed by atoms with Crippen molar-refractivity contribution < 1.29 is 13.9 Å². The summed E-state index contributed by atoms with van der Waals surface area (Å²) in [6, 6.07) is 8.19. The van der Waals surface area contributed by atoms with Crippen molar-refractivity contribution in [3.8, 4) is 5.75 Å². The molecule has 0 spiro atoms. The average molecular weight is 449 g/mol. The normalized spacial score (nSPS) is 10.4. The largest absolute Gasteiger partial charge is 0.496 e. The molecule has 0 unspecified atom stereocenters. The third kappa shape index (κ3) is 2.88. The SMILES string of the molecule is COc1cc(F)c(Br)cc1C(=O)c1cccc(C)c1I. The highest BCUT2D eigenvalue weighted by atomic mass is 127. The van der Waals surface area contributed by atoms with Crippen molar-refractivity contribution in [1.82, 2.24) is 0 Å². The van der Waals surface area contributed by atoms with Gasteiger partial charge < -0.3 is 4.74 Å². The van der Waals surface area contributed by atoms with E-state index in [1.807, 2.05) is 19.1 Å². The Morgan fingerprint density at radius 1 is 1.30 bits per heavy atom. The molecule has 0 saturated heterocycles. The van der Waals surface area contributed by atoms with Crippen LogP contribution in [0.15, 0.2) is 34.8 Å². The molecule has 0 heterocycles. The van der Waals surface area contributed by atoms with Crippen LogP contribution in [0.3, 0.4) is 0 Å². The van der Waals surface area contributed by atoms with Crippen LogP contribution in [0.4, 0.5) is 4.39 Å². The molecule has 0 amide bonds. The Hall–Kier alpha value is -0.950. The predicted molar refractivity (Wildman–Crippen MR) is 88.0 cm³/mol. The summed E-state index contributed by atoms with van der Waals surface area (Å²) in [6.07, 6.45) is 0. The molecule has 2 nitrogen and oxygen atoms in total. The molecule has 0 aromatic heterocycles. The average Bonchev–Trinajstić information content (AvgIpc) is 2.43. The minimum atomic E-state index is -0.461. The summed E-state index contributed by atoms with van der Waals surface area (Å²) in [6.45, 7) is 1.94. The number of hydrogen-bond acceptors (Lipinski definition) is 2. The van der Waals surface area contributed by atoms with Gasteiger partial charge in [-0.25, -0.2) is 4.39 Å². The Labute approximate surface area is 138 Å². The van der Waals surface area contributed by atoms with Crippen LogP contribution in [0.5, 0.6) is 5.75 Å². The molecule has 2 aromatic rings.